The SMILES string of the molecule is CC(C)(C)c1ccc[c]([Na])c1C(C)(C)C. The van der Waals surface area contributed by atoms with E-state index >= 15 is 0 Å². The molecule has 0 radical (unpaired) electrons. The van der Waals surface area contributed by atoms with Gasteiger partial charge in [-0.2, -0.15) is 0 Å². The van der Waals surface area contributed by atoms with Gasteiger partial charge >= 0.3 is 112 Å². The molecule has 0 aromatic heterocycles. The molecule has 0 fully saturated rings. The van der Waals surface area contributed by atoms with E-state index in [0.29, 0.717) is 0 Å². The van der Waals surface area contributed by atoms with Gasteiger partial charge in [0.25, 0.3) is 0 Å². The van der Waals surface area contributed by atoms with Gasteiger partial charge in [0.15, 0.2) is 0 Å². The van der Waals surface area contributed by atoms with Crippen molar-refractivity contribution < 1.29 is 0 Å². The van der Waals surface area contributed by atoms with E-state index in [2.05, 4.69) is 59.7 Å². The van der Waals surface area contributed by atoms with Crippen molar-refractivity contribution in [3.05, 3.63) is 29.3 Å². The third-order valence-electron chi connectivity index (χ3n) is 2.83. The molecule has 0 saturated heterocycles. The Morgan fingerprint density at radius 3 is 1.73 bits per heavy atom. The van der Waals surface area contributed by atoms with Crippen molar-refractivity contribution in [2.75, 3.05) is 0 Å². The van der Waals surface area contributed by atoms with Gasteiger partial charge in [-0.25, -0.2) is 0 Å². The van der Waals surface area contributed by atoms with Crippen molar-refractivity contribution in [1.82, 2.24) is 0 Å². The zero-order chi connectivity index (χ0) is 11.9. The Morgan fingerprint density at radius 1 is 0.867 bits per heavy atom. The summed E-state index contributed by atoms with van der Waals surface area (Å²) in [6, 6.07) is 6.78. The molecule has 0 nitrogen and oxygen atoms in total. The summed E-state index contributed by atoms with van der Waals surface area (Å²) in [5, 5.41) is 0. The summed E-state index contributed by atoms with van der Waals surface area (Å²) in [5.74, 6) is 0. The number of benzene rings is 1. The van der Waals surface area contributed by atoms with Crippen LogP contribution in [0.4, 0.5) is 0 Å². The number of hydrogen-bond acceptors (Lipinski definition) is 0. The van der Waals surface area contributed by atoms with E-state index in [1.165, 1.54) is 5.56 Å². The van der Waals surface area contributed by atoms with E-state index in [0.717, 1.165) is 27.9 Å². The van der Waals surface area contributed by atoms with Crippen molar-refractivity contribution in [3.63, 3.8) is 0 Å². The quantitative estimate of drug-likeness (QED) is 0.580. The van der Waals surface area contributed by atoms with Gasteiger partial charge in [0.2, 0.25) is 0 Å². The predicted octanol–water partition coefficient (Wildman–Crippen LogP) is 3.08. The van der Waals surface area contributed by atoms with Gasteiger partial charge in [0.05, 0.1) is 0 Å². The summed E-state index contributed by atoms with van der Waals surface area (Å²) in [5.41, 5.74) is 3.61. The summed E-state index contributed by atoms with van der Waals surface area (Å²) in [6.45, 7) is 13.9. The molecule has 0 aliphatic rings. The first-order valence-electron chi connectivity index (χ1n) is 5.74. The van der Waals surface area contributed by atoms with Crippen LogP contribution < -0.4 is 2.81 Å². The van der Waals surface area contributed by atoms with Crippen LogP contribution in [0.5, 0.6) is 0 Å². The summed E-state index contributed by atoms with van der Waals surface area (Å²) < 4.78 is 1.55. The molecule has 0 aliphatic heterocycles. The standard InChI is InChI=1S/C14H21.Na/c1-13(2,3)11-9-7-8-10-12(11)14(4,5)6;/h7-9H,1-6H3;. The molecule has 1 aromatic carbocycles. The molecule has 0 atom stereocenters. The first-order valence-corrected chi connectivity index (χ1v) is 6.74. The molecule has 0 unspecified atom stereocenters. The van der Waals surface area contributed by atoms with E-state index in [1.807, 2.05) is 0 Å². The molecule has 0 bridgehead atoms. The van der Waals surface area contributed by atoms with Crippen LogP contribution in [0.1, 0.15) is 52.7 Å². The van der Waals surface area contributed by atoms with Crippen LogP contribution in [0, 0.1) is 0 Å². The van der Waals surface area contributed by atoms with Gasteiger partial charge in [0.1, 0.15) is 0 Å². The molecular formula is C14H21Na. The minimum absolute atomic E-state index is 0.253. The fourth-order valence-electron chi connectivity index (χ4n) is 2.29. The van der Waals surface area contributed by atoms with Crippen LogP contribution in [-0.2, 0) is 10.8 Å². The molecule has 1 aromatic rings. The zero-order valence-corrected chi connectivity index (χ0v) is 13.2. The second-order valence-corrected chi connectivity index (χ2v) is 7.57. The van der Waals surface area contributed by atoms with E-state index in [4.69, 9.17) is 0 Å². The molecule has 0 saturated carbocycles. The Balaban J connectivity index is 3.48. The van der Waals surface area contributed by atoms with Crippen molar-refractivity contribution in [1.29, 1.82) is 0 Å². The Labute approximate surface area is 112 Å². The average molecular weight is 212 g/mol. The second kappa shape index (κ2) is 4.24. The Hall–Kier alpha value is 0.220. The first-order chi connectivity index (χ1) is 6.64. The van der Waals surface area contributed by atoms with Gasteiger partial charge in [-0.1, -0.05) is 0 Å². The van der Waals surface area contributed by atoms with E-state index in [-0.39, 0.29) is 10.8 Å². The number of rotatable bonds is 0. The molecule has 0 aliphatic carbocycles. The molecule has 0 heterocycles. The Morgan fingerprint density at radius 2 is 1.40 bits per heavy atom. The average Bonchev–Trinajstić information content (AvgIpc) is 1.99. The van der Waals surface area contributed by atoms with E-state index in [9.17, 15) is 0 Å². The molecule has 0 N–H and O–H groups in total. The van der Waals surface area contributed by atoms with Crippen LogP contribution in [0.3, 0.4) is 0 Å². The van der Waals surface area contributed by atoms with Crippen molar-refractivity contribution in [3.8, 4) is 0 Å². The first kappa shape index (κ1) is 13.3. The van der Waals surface area contributed by atoms with E-state index < -0.39 is 0 Å². The van der Waals surface area contributed by atoms with Crippen LogP contribution >= 0.6 is 0 Å². The van der Waals surface area contributed by atoms with Crippen LogP contribution in [-0.4, -0.2) is 27.9 Å². The Kier molecular flexibility index (Phi) is 3.75. The fourth-order valence-corrected chi connectivity index (χ4v) is 3.50. The normalized spacial score (nSPS) is 13.1. The monoisotopic (exact) mass is 212 g/mol. The molecule has 0 spiro atoms. The van der Waals surface area contributed by atoms with Gasteiger partial charge in [0, 0.05) is 0 Å². The maximum absolute atomic E-state index is 2.32. The molecule has 0 amide bonds. The summed E-state index contributed by atoms with van der Waals surface area (Å²) in [4.78, 5) is 0. The van der Waals surface area contributed by atoms with Gasteiger partial charge in [-0.3, -0.25) is 0 Å². The van der Waals surface area contributed by atoms with Crippen molar-refractivity contribution in [2.45, 2.75) is 52.4 Å². The third kappa shape index (κ3) is 3.09. The van der Waals surface area contributed by atoms with Crippen molar-refractivity contribution >= 4 is 30.7 Å². The fraction of sp³-hybridized carbons (Fsp3) is 0.571. The maximum atomic E-state index is 2.32. The topological polar surface area (TPSA) is 0 Å². The summed E-state index contributed by atoms with van der Waals surface area (Å²) in [6.07, 6.45) is 0. The summed E-state index contributed by atoms with van der Waals surface area (Å²) in [7, 11) is 0. The summed E-state index contributed by atoms with van der Waals surface area (Å²) >= 11 is 1.14. The number of hydrogen-bond donors (Lipinski definition) is 0. The molecule has 1 rings (SSSR count). The Bertz CT molecular complexity index is 351. The van der Waals surface area contributed by atoms with Gasteiger partial charge in [-0.05, 0) is 0 Å². The molecule has 1 heteroatoms. The van der Waals surface area contributed by atoms with Crippen LogP contribution in [0.25, 0.3) is 0 Å². The van der Waals surface area contributed by atoms with Crippen LogP contribution in [0.2, 0.25) is 0 Å². The molecular weight excluding hydrogens is 191 g/mol. The van der Waals surface area contributed by atoms with Crippen LogP contribution in [0.15, 0.2) is 18.2 Å². The molecule has 78 valence electrons. The van der Waals surface area contributed by atoms with E-state index in [1.54, 1.807) is 8.38 Å². The van der Waals surface area contributed by atoms with Gasteiger partial charge < -0.3 is 0 Å². The zero-order valence-electron chi connectivity index (χ0n) is 11.2. The minimum atomic E-state index is 0.253. The van der Waals surface area contributed by atoms with Gasteiger partial charge in [-0.15, -0.1) is 0 Å². The second-order valence-electron chi connectivity index (χ2n) is 6.50. The predicted molar refractivity (Wildman–Crippen MR) is 69.2 cm³/mol. The molecule has 15 heavy (non-hydrogen) atoms. The van der Waals surface area contributed by atoms with Crippen molar-refractivity contribution in [2.24, 2.45) is 0 Å². The third-order valence-corrected chi connectivity index (χ3v) is 3.66.